The highest BCUT2D eigenvalue weighted by Gasteiger charge is 2.17. The first-order valence-electron chi connectivity index (χ1n) is 6.40. The molecular weight excluding hydrogens is 216 g/mol. The summed E-state index contributed by atoms with van der Waals surface area (Å²) in [6, 6.07) is 13.1. The molecule has 0 aromatic heterocycles. The van der Waals surface area contributed by atoms with Crippen molar-refractivity contribution in [1.82, 2.24) is 0 Å². The third-order valence-corrected chi connectivity index (χ3v) is 4.03. The van der Waals surface area contributed by atoms with E-state index in [1.54, 1.807) is 0 Å². The van der Waals surface area contributed by atoms with Crippen LogP contribution in [0.2, 0.25) is 0 Å². The lowest BCUT2D eigenvalue weighted by Crippen LogP contribution is -1.95. The molecule has 0 atom stereocenters. The van der Waals surface area contributed by atoms with E-state index in [0.29, 0.717) is 0 Å². The molecule has 0 spiro atoms. The Labute approximate surface area is 109 Å². The largest absolute Gasteiger partial charge is 0.0676 e. The highest BCUT2D eigenvalue weighted by atomic mass is 14.2. The maximum Gasteiger partial charge on any atom is 0.0138 e. The first kappa shape index (κ1) is 11.3. The lowest BCUT2D eigenvalue weighted by molar-refractivity contribution is 1.25. The SMILES string of the molecule is Cc1ccc(C2=C[CH]c3ccccc32)c(C)c1C. The van der Waals surface area contributed by atoms with E-state index in [0.717, 1.165) is 0 Å². The van der Waals surface area contributed by atoms with E-state index in [-0.39, 0.29) is 0 Å². The molecule has 18 heavy (non-hydrogen) atoms. The Bertz CT molecular complexity index is 645. The van der Waals surface area contributed by atoms with Crippen LogP contribution in [0.5, 0.6) is 0 Å². The molecule has 1 radical (unpaired) electrons. The molecule has 0 heteroatoms. The molecule has 0 saturated carbocycles. The fourth-order valence-corrected chi connectivity index (χ4v) is 2.63. The summed E-state index contributed by atoms with van der Waals surface area (Å²) in [4.78, 5) is 0. The highest BCUT2D eigenvalue weighted by Crippen LogP contribution is 2.36. The molecule has 2 aromatic rings. The molecular formula is C18H17. The molecule has 89 valence electrons. The van der Waals surface area contributed by atoms with Crippen LogP contribution < -0.4 is 0 Å². The minimum atomic E-state index is 1.32. The summed E-state index contributed by atoms with van der Waals surface area (Å²) < 4.78 is 0. The smallest absolute Gasteiger partial charge is 0.0138 e. The molecule has 0 aliphatic heterocycles. The van der Waals surface area contributed by atoms with E-state index in [1.807, 2.05) is 0 Å². The van der Waals surface area contributed by atoms with Crippen molar-refractivity contribution in [1.29, 1.82) is 0 Å². The van der Waals surface area contributed by atoms with Gasteiger partial charge in [-0.25, -0.2) is 0 Å². The van der Waals surface area contributed by atoms with Crippen molar-refractivity contribution in [2.75, 3.05) is 0 Å². The van der Waals surface area contributed by atoms with Crippen LogP contribution in [0.3, 0.4) is 0 Å². The monoisotopic (exact) mass is 233 g/mol. The van der Waals surface area contributed by atoms with Crippen LogP contribution in [0.1, 0.15) is 33.4 Å². The van der Waals surface area contributed by atoms with Crippen molar-refractivity contribution in [2.45, 2.75) is 20.8 Å². The Kier molecular flexibility index (Phi) is 2.59. The zero-order chi connectivity index (χ0) is 12.7. The predicted molar refractivity (Wildman–Crippen MR) is 77.6 cm³/mol. The van der Waals surface area contributed by atoms with Crippen molar-refractivity contribution in [3.05, 3.63) is 82.3 Å². The zero-order valence-electron chi connectivity index (χ0n) is 11.1. The molecule has 0 fully saturated rings. The molecule has 0 amide bonds. The van der Waals surface area contributed by atoms with Crippen LogP contribution in [-0.2, 0) is 0 Å². The fourth-order valence-electron chi connectivity index (χ4n) is 2.63. The number of fused-ring (bicyclic) bond motifs is 1. The Morgan fingerprint density at radius 2 is 1.50 bits per heavy atom. The molecule has 0 bridgehead atoms. The van der Waals surface area contributed by atoms with Crippen molar-refractivity contribution < 1.29 is 0 Å². The average Bonchev–Trinajstić information content (AvgIpc) is 2.80. The second-order valence-electron chi connectivity index (χ2n) is 5.01. The zero-order valence-corrected chi connectivity index (χ0v) is 11.1. The van der Waals surface area contributed by atoms with Gasteiger partial charge in [-0.15, -0.1) is 0 Å². The molecule has 3 rings (SSSR count). The second kappa shape index (κ2) is 4.13. The molecule has 0 nitrogen and oxygen atoms in total. The van der Waals surface area contributed by atoms with Gasteiger partial charge >= 0.3 is 0 Å². The number of rotatable bonds is 1. The number of benzene rings is 2. The third kappa shape index (κ3) is 1.60. The minimum absolute atomic E-state index is 1.32. The normalized spacial score (nSPS) is 13.4. The molecule has 1 aliphatic rings. The fraction of sp³-hybridized carbons (Fsp3) is 0.167. The van der Waals surface area contributed by atoms with Crippen molar-refractivity contribution >= 4 is 5.57 Å². The molecule has 0 saturated heterocycles. The maximum absolute atomic E-state index is 2.25. The van der Waals surface area contributed by atoms with E-state index in [9.17, 15) is 0 Å². The Morgan fingerprint density at radius 3 is 2.33 bits per heavy atom. The summed E-state index contributed by atoms with van der Waals surface area (Å²) in [6.07, 6.45) is 4.45. The van der Waals surface area contributed by atoms with Gasteiger partial charge in [-0.2, -0.15) is 0 Å². The average molecular weight is 233 g/mol. The van der Waals surface area contributed by atoms with Gasteiger partial charge in [0.25, 0.3) is 0 Å². The Balaban J connectivity index is 2.16. The van der Waals surface area contributed by atoms with Gasteiger partial charge in [0.05, 0.1) is 0 Å². The third-order valence-electron chi connectivity index (χ3n) is 4.03. The second-order valence-corrected chi connectivity index (χ2v) is 5.01. The van der Waals surface area contributed by atoms with E-state index in [1.165, 1.54) is 39.0 Å². The van der Waals surface area contributed by atoms with Crippen LogP contribution in [0.4, 0.5) is 0 Å². The van der Waals surface area contributed by atoms with Crippen LogP contribution in [0.15, 0.2) is 42.5 Å². The summed E-state index contributed by atoms with van der Waals surface area (Å²) in [5, 5.41) is 0. The lowest BCUT2D eigenvalue weighted by Gasteiger charge is -2.13. The lowest BCUT2D eigenvalue weighted by atomic mass is 9.91. The Hall–Kier alpha value is -1.82. The van der Waals surface area contributed by atoms with Gasteiger partial charge in [-0.3, -0.25) is 0 Å². The van der Waals surface area contributed by atoms with Crippen LogP contribution >= 0.6 is 0 Å². The quantitative estimate of drug-likeness (QED) is 0.674. The topological polar surface area (TPSA) is 0 Å². The summed E-state index contributed by atoms with van der Waals surface area (Å²) in [7, 11) is 0. The Morgan fingerprint density at radius 1 is 0.722 bits per heavy atom. The first-order valence-corrected chi connectivity index (χ1v) is 6.40. The van der Waals surface area contributed by atoms with Gasteiger partial charge in [-0.1, -0.05) is 42.5 Å². The van der Waals surface area contributed by atoms with Gasteiger partial charge in [0, 0.05) is 6.42 Å². The van der Waals surface area contributed by atoms with Gasteiger partial charge in [0.2, 0.25) is 0 Å². The van der Waals surface area contributed by atoms with Crippen molar-refractivity contribution in [3.8, 4) is 0 Å². The minimum Gasteiger partial charge on any atom is -0.0676 e. The molecule has 0 N–H and O–H groups in total. The van der Waals surface area contributed by atoms with Crippen molar-refractivity contribution in [2.24, 2.45) is 0 Å². The summed E-state index contributed by atoms with van der Waals surface area (Å²) in [6.45, 7) is 6.61. The summed E-state index contributed by atoms with van der Waals surface area (Å²) >= 11 is 0. The maximum atomic E-state index is 2.25. The van der Waals surface area contributed by atoms with Crippen molar-refractivity contribution in [3.63, 3.8) is 0 Å². The standard InChI is InChI=1S/C18H17/c1-12-8-10-16(14(3)13(12)2)18-11-9-15-6-4-5-7-17(15)18/h4-11H,1-3H3. The molecule has 0 unspecified atom stereocenters. The van der Waals surface area contributed by atoms with Gasteiger partial charge in [0.15, 0.2) is 0 Å². The molecule has 1 aliphatic carbocycles. The van der Waals surface area contributed by atoms with Gasteiger partial charge in [-0.05, 0) is 59.7 Å². The number of hydrogen-bond acceptors (Lipinski definition) is 0. The number of aryl methyl sites for hydroxylation is 1. The van der Waals surface area contributed by atoms with Gasteiger partial charge in [0.1, 0.15) is 0 Å². The van der Waals surface area contributed by atoms with E-state index in [4.69, 9.17) is 0 Å². The van der Waals surface area contributed by atoms with E-state index in [2.05, 4.69) is 69.7 Å². The first-order chi connectivity index (χ1) is 8.68. The molecule has 0 heterocycles. The summed E-state index contributed by atoms with van der Waals surface area (Å²) in [5.41, 5.74) is 9.55. The molecule has 2 aromatic carbocycles. The summed E-state index contributed by atoms with van der Waals surface area (Å²) in [5.74, 6) is 0. The van der Waals surface area contributed by atoms with Crippen LogP contribution in [0.25, 0.3) is 5.57 Å². The highest BCUT2D eigenvalue weighted by molar-refractivity contribution is 5.88. The van der Waals surface area contributed by atoms with E-state index < -0.39 is 0 Å². The predicted octanol–water partition coefficient (Wildman–Crippen LogP) is 4.61. The van der Waals surface area contributed by atoms with E-state index >= 15 is 0 Å². The van der Waals surface area contributed by atoms with Crippen LogP contribution in [-0.4, -0.2) is 0 Å². The van der Waals surface area contributed by atoms with Crippen LogP contribution in [0, 0.1) is 27.2 Å². The number of allylic oxidation sites excluding steroid dienone is 1. The van der Waals surface area contributed by atoms with Gasteiger partial charge < -0.3 is 0 Å². The number of hydrogen-bond donors (Lipinski definition) is 0.